The second kappa shape index (κ2) is 7.89. The number of aliphatic hydroxyl groups excluding tert-OH is 1. The third-order valence-electron chi connectivity index (χ3n) is 5.69. The van der Waals surface area contributed by atoms with Gasteiger partial charge in [-0.15, -0.1) is 0 Å². The molecule has 2 aliphatic heterocycles. The number of nitrogens with one attached hydrogen (secondary N) is 1. The van der Waals surface area contributed by atoms with Crippen LogP contribution in [-0.4, -0.2) is 54.4 Å². The van der Waals surface area contributed by atoms with Crippen molar-refractivity contribution in [3.63, 3.8) is 0 Å². The molecule has 0 spiro atoms. The third-order valence-corrected chi connectivity index (χ3v) is 7.63. The zero-order valence-electron chi connectivity index (χ0n) is 17.3. The lowest BCUT2D eigenvalue weighted by Gasteiger charge is -2.27. The highest BCUT2D eigenvalue weighted by Gasteiger charge is 2.53. The summed E-state index contributed by atoms with van der Waals surface area (Å²) in [5.41, 5.74) is 5.33. The van der Waals surface area contributed by atoms with Crippen molar-refractivity contribution < 1.29 is 28.3 Å². The van der Waals surface area contributed by atoms with Gasteiger partial charge in [0, 0.05) is 4.90 Å². The number of aliphatic hydroxyl groups is 1. The molecular weight excluding hydrogens is 485 g/mol. The van der Waals surface area contributed by atoms with Gasteiger partial charge in [0.25, 0.3) is 5.56 Å². The molecule has 0 bridgehead atoms. The lowest BCUT2D eigenvalue weighted by molar-refractivity contribution is -0.0684. The number of aromatic amines is 1. The topological polar surface area (TPSA) is 175 Å². The van der Waals surface area contributed by atoms with Gasteiger partial charge < -0.3 is 20.5 Å². The van der Waals surface area contributed by atoms with Crippen molar-refractivity contribution in [2.45, 2.75) is 34.6 Å². The van der Waals surface area contributed by atoms with Crippen molar-refractivity contribution in [3.8, 4) is 0 Å². The molecule has 6 rings (SSSR count). The largest absolute Gasteiger partial charge is 0.472 e. The zero-order valence-corrected chi connectivity index (χ0v) is 19.0. The molecule has 34 heavy (non-hydrogen) atoms. The monoisotopic (exact) mass is 503 g/mol. The van der Waals surface area contributed by atoms with Gasteiger partial charge in [-0.1, -0.05) is 42.1 Å². The summed E-state index contributed by atoms with van der Waals surface area (Å²) in [5, 5.41) is 13.4. The Balaban J connectivity index is 1.47. The highest BCUT2D eigenvalue weighted by atomic mass is 32.2. The van der Waals surface area contributed by atoms with Crippen molar-refractivity contribution in [1.29, 1.82) is 0 Å². The highest BCUT2D eigenvalue weighted by Crippen LogP contribution is 2.53. The number of fused-ring (bicyclic) bond motifs is 3. The minimum atomic E-state index is -4.31. The minimum absolute atomic E-state index is 0.00755. The van der Waals surface area contributed by atoms with Gasteiger partial charge in [-0.3, -0.25) is 23.4 Å². The first-order chi connectivity index (χ1) is 16.3. The Kier molecular flexibility index (Phi) is 5.04. The van der Waals surface area contributed by atoms with E-state index in [1.54, 1.807) is 0 Å². The number of phosphoric ester groups is 1. The number of nitrogens with two attached hydrogens (primary N) is 1. The molecule has 12 nitrogen and oxygen atoms in total. The molecule has 2 saturated heterocycles. The summed E-state index contributed by atoms with van der Waals surface area (Å²) in [5.74, 6) is -0.134. The van der Waals surface area contributed by atoms with E-state index in [9.17, 15) is 19.4 Å². The van der Waals surface area contributed by atoms with E-state index in [4.69, 9.17) is 19.5 Å². The SMILES string of the molecule is Nc1nc2c(nc(Sc3ccc4ccccc4c3)n2[C@@H]2O[C@@H]3COP(=O)(O)O[C@H]3[C@H]2O)c(=O)[nH]1. The Bertz CT molecular complexity index is 1540. The van der Waals surface area contributed by atoms with Crippen LogP contribution in [0.1, 0.15) is 6.23 Å². The molecule has 2 aromatic heterocycles. The van der Waals surface area contributed by atoms with Gasteiger partial charge in [0.15, 0.2) is 22.5 Å². The number of rotatable bonds is 3. The van der Waals surface area contributed by atoms with Crippen LogP contribution in [0.15, 0.2) is 57.3 Å². The molecule has 0 saturated carbocycles. The van der Waals surface area contributed by atoms with Gasteiger partial charge >= 0.3 is 7.82 Å². The van der Waals surface area contributed by atoms with Crippen LogP contribution in [0.5, 0.6) is 0 Å². The number of hydrogen-bond donors (Lipinski definition) is 4. The van der Waals surface area contributed by atoms with Crippen LogP contribution in [0, 0.1) is 0 Å². The van der Waals surface area contributed by atoms with Crippen LogP contribution >= 0.6 is 19.6 Å². The average molecular weight is 503 g/mol. The van der Waals surface area contributed by atoms with Gasteiger partial charge in [0.2, 0.25) is 5.95 Å². The molecular formula is C20H18N5O7PS. The van der Waals surface area contributed by atoms with Gasteiger partial charge in [-0.25, -0.2) is 9.55 Å². The fourth-order valence-corrected chi connectivity index (χ4v) is 6.09. The Morgan fingerprint density at radius 3 is 2.82 bits per heavy atom. The smallest absolute Gasteiger partial charge is 0.386 e. The van der Waals surface area contributed by atoms with E-state index in [0.717, 1.165) is 15.7 Å². The number of benzene rings is 2. The summed E-state index contributed by atoms with van der Waals surface area (Å²) in [4.78, 5) is 34.1. The molecule has 1 unspecified atom stereocenters. The summed E-state index contributed by atoms with van der Waals surface area (Å²) in [6, 6.07) is 13.7. The Labute approximate surface area is 195 Å². The third kappa shape index (κ3) is 3.62. The van der Waals surface area contributed by atoms with Crippen molar-refractivity contribution in [1.82, 2.24) is 19.5 Å². The quantitative estimate of drug-likeness (QED) is 0.300. The summed E-state index contributed by atoms with van der Waals surface area (Å²) in [7, 11) is -4.31. The van der Waals surface area contributed by atoms with Crippen LogP contribution in [-0.2, 0) is 18.3 Å². The highest BCUT2D eigenvalue weighted by molar-refractivity contribution is 7.99. The van der Waals surface area contributed by atoms with Crippen molar-refractivity contribution in [2.75, 3.05) is 12.3 Å². The van der Waals surface area contributed by atoms with E-state index in [1.807, 2.05) is 42.5 Å². The predicted octanol–water partition coefficient (Wildman–Crippen LogP) is 1.78. The molecule has 176 valence electrons. The minimum Gasteiger partial charge on any atom is -0.386 e. The fourth-order valence-electron chi connectivity index (χ4n) is 4.17. The molecule has 2 aromatic carbocycles. The number of nitrogen functional groups attached to an aromatic ring is 1. The van der Waals surface area contributed by atoms with E-state index >= 15 is 0 Å². The van der Waals surface area contributed by atoms with Crippen LogP contribution in [0.2, 0.25) is 0 Å². The first-order valence-corrected chi connectivity index (χ1v) is 12.5. The van der Waals surface area contributed by atoms with E-state index in [1.165, 1.54) is 16.3 Å². The molecule has 0 aliphatic carbocycles. The van der Waals surface area contributed by atoms with Gasteiger partial charge in [0.1, 0.15) is 18.3 Å². The Morgan fingerprint density at radius 1 is 1.21 bits per heavy atom. The van der Waals surface area contributed by atoms with E-state index < -0.39 is 37.9 Å². The van der Waals surface area contributed by atoms with E-state index in [2.05, 4.69) is 15.0 Å². The second-order valence-electron chi connectivity index (χ2n) is 7.89. The zero-order chi connectivity index (χ0) is 23.6. The molecule has 5 N–H and O–H groups in total. The molecule has 0 amide bonds. The molecule has 2 aliphatic rings. The number of nitrogens with zero attached hydrogens (tertiary/aromatic N) is 3. The summed E-state index contributed by atoms with van der Waals surface area (Å²) >= 11 is 1.24. The van der Waals surface area contributed by atoms with Gasteiger partial charge in [0.05, 0.1) is 6.61 Å². The predicted molar refractivity (Wildman–Crippen MR) is 121 cm³/mol. The number of H-pyrrole nitrogens is 1. The van der Waals surface area contributed by atoms with E-state index in [0.29, 0.717) is 5.16 Å². The fraction of sp³-hybridized carbons (Fsp3) is 0.250. The molecule has 5 atom stereocenters. The lowest BCUT2D eigenvalue weighted by Crippen LogP contribution is -2.39. The van der Waals surface area contributed by atoms with Crippen LogP contribution in [0.4, 0.5) is 5.95 Å². The van der Waals surface area contributed by atoms with Crippen LogP contribution < -0.4 is 11.3 Å². The van der Waals surface area contributed by atoms with Crippen molar-refractivity contribution >= 4 is 47.5 Å². The maximum atomic E-state index is 12.5. The number of hydrogen-bond acceptors (Lipinski definition) is 10. The number of phosphoric acid groups is 1. The molecule has 4 heterocycles. The van der Waals surface area contributed by atoms with Gasteiger partial charge in [-0.05, 0) is 22.9 Å². The lowest BCUT2D eigenvalue weighted by atomic mass is 10.1. The standard InChI is InChI=1S/C20H18N5O7PS/c21-19-23-16-13(17(27)24-19)22-20(34-11-6-5-9-3-1-2-4-10(9)7-11)25(16)18-14(26)15-12(31-18)8-30-33(28,29)32-15/h1-7,12,14-15,18,26H,8H2,(H,28,29)(H3,21,23,24,27)/t12-,14-,15-,18-/m1/s1. The summed E-state index contributed by atoms with van der Waals surface area (Å²) < 4.78 is 29.2. The number of ether oxygens (including phenoxy) is 1. The second-order valence-corrected chi connectivity index (χ2v) is 10.3. The van der Waals surface area contributed by atoms with Crippen molar-refractivity contribution in [2.24, 2.45) is 0 Å². The van der Waals surface area contributed by atoms with Gasteiger partial charge in [-0.2, -0.15) is 4.98 Å². The normalized spacial score (nSPS) is 29.0. The van der Waals surface area contributed by atoms with Crippen molar-refractivity contribution in [3.05, 3.63) is 52.8 Å². The first kappa shape index (κ1) is 21.7. The number of aromatic nitrogens is 4. The molecule has 14 heteroatoms. The number of imidazole rings is 1. The first-order valence-electron chi connectivity index (χ1n) is 10.2. The summed E-state index contributed by atoms with van der Waals surface area (Å²) in [6.45, 7) is -0.248. The Morgan fingerprint density at radius 2 is 2.00 bits per heavy atom. The molecule has 0 radical (unpaired) electrons. The average Bonchev–Trinajstić information content (AvgIpc) is 3.30. The molecule has 4 aromatic rings. The van der Waals surface area contributed by atoms with Crippen LogP contribution in [0.25, 0.3) is 21.9 Å². The number of anilines is 1. The van der Waals surface area contributed by atoms with E-state index in [-0.39, 0.29) is 23.7 Å². The molecule has 2 fully saturated rings. The maximum absolute atomic E-state index is 12.5. The van der Waals surface area contributed by atoms with Crippen LogP contribution in [0.3, 0.4) is 0 Å². The Hall–Kier alpha value is -2.77. The maximum Gasteiger partial charge on any atom is 0.472 e. The summed E-state index contributed by atoms with van der Waals surface area (Å²) in [6.07, 6.45) is -4.43.